The van der Waals surface area contributed by atoms with Crippen LogP contribution in [0.15, 0.2) is 42.5 Å². The lowest BCUT2D eigenvalue weighted by molar-refractivity contribution is -0.141. The van der Waals surface area contributed by atoms with Crippen LogP contribution in [0.4, 0.5) is 10.1 Å². The largest absolute Gasteiger partial charge is 0.350 e. The maximum absolute atomic E-state index is 14.3. The highest BCUT2D eigenvalue weighted by Gasteiger charge is 2.29. The van der Waals surface area contributed by atoms with Gasteiger partial charge in [-0.25, -0.2) is 12.8 Å². The number of benzene rings is 2. The molecule has 36 heavy (non-hydrogen) atoms. The summed E-state index contributed by atoms with van der Waals surface area (Å²) in [7, 11) is -3.79. The average molecular weight is 561 g/mol. The predicted molar refractivity (Wildman–Crippen MR) is 142 cm³/mol. The number of hydrogen-bond acceptors (Lipinski definition) is 4. The number of halogens is 3. The van der Waals surface area contributed by atoms with Gasteiger partial charge in [0.15, 0.2) is 0 Å². The summed E-state index contributed by atoms with van der Waals surface area (Å²) in [6.07, 6.45) is 1.04. The lowest BCUT2D eigenvalue weighted by Gasteiger charge is -2.32. The number of carbonyl (C=O) groups is 2. The van der Waals surface area contributed by atoms with Crippen molar-refractivity contribution in [3.63, 3.8) is 0 Å². The summed E-state index contributed by atoms with van der Waals surface area (Å²) in [5, 5.41) is 3.56. The summed E-state index contributed by atoms with van der Waals surface area (Å²) in [4.78, 5) is 27.6. The van der Waals surface area contributed by atoms with Gasteiger partial charge in [0.2, 0.25) is 21.8 Å². The zero-order valence-electron chi connectivity index (χ0n) is 21.0. The molecule has 0 saturated carbocycles. The van der Waals surface area contributed by atoms with Crippen LogP contribution >= 0.6 is 23.2 Å². The molecule has 0 bridgehead atoms. The van der Waals surface area contributed by atoms with E-state index in [1.54, 1.807) is 25.1 Å². The molecule has 2 rings (SSSR count). The highest BCUT2D eigenvalue weighted by Crippen LogP contribution is 2.25. The Balaban J connectivity index is 2.23. The Kier molecular flexibility index (Phi) is 10.2. The second-order valence-electron chi connectivity index (χ2n) is 9.58. The molecule has 2 aromatic rings. The van der Waals surface area contributed by atoms with Crippen LogP contribution in [0.2, 0.25) is 10.0 Å². The van der Waals surface area contributed by atoms with Crippen molar-refractivity contribution < 1.29 is 22.4 Å². The smallest absolute Gasteiger partial charge is 0.242 e. The normalized spacial score (nSPS) is 12.7. The van der Waals surface area contributed by atoms with Gasteiger partial charge in [0.25, 0.3) is 0 Å². The van der Waals surface area contributed by atoms with Gasteiger partial charge in [0.1, 0.15) is 11.9 Å². The lowest BCUT2D eigenvalue weighted by atomic mass is 10.1. The first-order valence-electron chi connectivity index (χ1n) is 11.4. The molecule has 0 radical (unpaired) electrons. The van der Waals surface area contributed by atoms with Crippen LogP contribution in [0.1, 0.15) is 46.1 Å². The third-order valence-corrected chi connectivity index (χ3v) is 7.19. The van der Waals surface area contributed by atoms with Gasteiger partial charge in [0.05, 0.1) is 22.0 Å². The third-order valence-electron chi connectivity index (χ3n) is 5.28. The second kappa shape index (κ2) is 12.3. The molecule has 2 amide bonds. The monoisotopic (exact) mass is 559 g/mol. The number of nitrogens with zero attached hydrogens (tertiary/aromatic N) is 2. The fourth-order valence-electron chi connectivity index (χ4n) is 3.53. The summed E-state index contributed by atoms with van der Waals surface area (Å²) in [6, 6.07) is 9.68. The fourth-order valence-corrected chi connectivity index (χ4v) is 4.81. The fraction of sp³-hybridized carbons (Fsp3) is 0.440. The highest BCUT2D eigenvalue weighted by atomic mass is 35.5. The zero-order valence-corrected chi connectivity index (χ0v) is 23.3. The second-order valence-corrected chi connectivity index (χ2v) is 12.3. The number of hydrogen-bond donors (Lipinski definition) is 1. The van der Waals surface area contributed by atoms with Gasteiger partial charge in [-0.3, -0.25) is 13.9 Å². The molecule has 1 atom stereocenters. The molecular formula is C25H32Cl2FN3O4S. The Labute approximate surface area is 222 Å². The Hall–Kier alpha value is -2.36. The molecule has 0 aromatic heterocycles. The molecule has 1 N–H and O–H groups in total. The maximum atomic E-state index is 14.3. The standard InChI is InChI=1S/C25H32Cl2FN3O4S/c1-17(24(33)29-25(2,3)4)30(16-18-12-13-19(26)20(27)15-18)23(32)11-8-14-31(36(5,34)35)22-10-7-6-9-21(22)28/h6-7,9-10,12-13,15,17H,8,11,14,16H2,1-5H3,(H,29,33)/t17-/m0/s1. The minimum absolute atomic E-state index is 0.0606. The number of anilines is 1. The lowest BCUT2D eigenvalue weighted by Crippen LogP contribution is -2.52. The van der Waals surface area contributed by atoms with Crippen LogP contribution in [0.5, 0.6) is 0 Å². The molecule has 0 heterocycles. The van der Waals surface area contributed by atoms with Gasteiger partial charge < -0.3 is 10.2 Å². The van der Waals surface area contributed by atoms with Crippen molar-refractivity contribution in [2.75, 3.05) is 17.1 Å². The Morgan fingerprint density at radius 3 is 2.28 bits per heavy atom. The first-order valence-corrected chi connectivity index (χ1v) is 14.0. The Morgan fingerprint density at radius 1 is 1.08 bits per heavy atom. The number of rotatable bonds is 10. The van der Waals surface area contributed by atoms with E-state index in [-0.39, 0.29) is 43.4 Å². The molecule has 0 aliphatic carbocycles. The van der Waals surface area contributed by atoms with Crippen LogP contribution in [0.3, 0.4) is 0 Å². The topological polar surface area (TPSA) is 86.8 Å². The first kappa shape index (κ1) is 29.9. The number of amides is 2. The molecule has 11 heteroatoms. The van der Waals surface area contributed by atoms with E-state index in [4.69, 9.17) is 23.2 Å². The minimum Gasteiger partial charge on any atom is -0.350 e. The highest BCUT2D eigenvalue weighted by molar-refractivity contribution is 7.92. The van der Waals surface area contributed by atoms with Gasteiger partial charge >= 0.3 is 0 Å². The van der Waals surface area contributed by atoms with Crippen LogP contribution in [-0.4, -0.2) is 49.5 Å². The van der Waals surface area contributed by atoms with Crippen LogP contribution < -0.4 is 9.62 Å². The zero-order chi connectivity index (χ0) is 27.3. The van der Waals surface area contributed by atoms with E-state index in [2.05, 4.69) is 5.32 Å². The van der Waals surface area contributed by atoms with Gasteiger partial charge in [0, 0.05) is 25.0 Å². The van der Waals surface area contributed by atoms with E-state index in [1.807, 2.05) is 20.8 Å². The van der Waals surface area contributed by atoms with Crippen LogP contribution in [0, 0.1) is 5.82 Å². The van der Waals surface area contributed by atoms with E-state index in [0.717, 1.165) is 10.6 Å². The molecule has 7 nitrogen and oxygen atoms in total. The van der Waals surface area contributed by atoms with E-state index in [1.165, 1.54) is 29.2 Å². The molecule has 0 fully saturated rings. The molecule has 0 aliphatic heterocycles. The third kappa shape index (κ3) is 8.64. The van der Waals surface area contributed by atoms with Crippen molar-refractivity contribution in [2.45, 2.75) is 58.7 Å². The molecule has 0 unspecified atom stereocenters. The minimum atomic E-state index is -3.79. The average Bonchev–Trinajstić information content (AvgIpc) is 2.75. The number of carbonyl (C=O) groups excluding carboxylic acids is 2. The van der Waals surface area contributed by atoms with E-state index < -0.39 is 27.4 Å². The summed E-state index contributed by atoms with van der Waals surface area (Å²) in [6.45, 7) is 7.13. The van der Waals surface area contributed by atoms with Crippen molar-refractivity contribution in [3.8, 4) is 0 Å². The van der Waals surface area contributed by atoms with Gasteiger partial charge in [-0.05, 0) is 63.9 Å². The predicted octanol–water partition coefficient (Wildman–Crippen LogP) is 5.01. The Bertz CT molecular complexity index is 1200. The van der Waals surface area contributed by atoms with Gasteiger partial charge in [-0.1, -0.05) is 41.4 Å². The van der Waals surface area contributed by atoms with E-state index >= 15 is 0 Å². The summed E-state index contributed by atoms with van der Waals surface area (Å²) in [5.74, 6) is -1.37. The Morgan fingerprint density at radius 2 is 1.72 bits per heavy atom. The number of sulfonamides is 1. The van der Waals surface area contributed by atoms with E-state index in [9.17, 15) is 22.4 Å². The molecule has 0 saturated heterocycles. The molecule has 198 valence electrons. The number of para-hydroxylation sites is 1. The molecule has 0 spiro atoms. The van der Waals surface area contributed by atoms with Crippen LogP contribution in [0.25, 0.3) is 0 Å². The number of nitrogens with one attached hydrogen (secondary N) is 1. The van der Waals surface area contributed by atoms with Gasteiger partial charge in [-0.15, -0.1) is 0 Å². The van der Waals surface area contributed by atoms with E-state index in [0.29, 0.717) is 15.6 Å². The van der Waals surface area contributed by atoms with Crippen molar-refractivity contribution in [1.82, 2.24) is 10.2 Å². The van der Waals surface area contributed by atoms with Gasteiger partial charge in [-0.2, -0.15) is 0 Å². The maximum Gasteiger partial charge on any atom is 0.242 e. The van der Waals surface area contributed by atoms with Crippen LogP contribution in [-0.2, 0) is 26.2 Å². The van der Waals surface area contributed by atoms with Crippen molar-refractivity contribution in [3.05, 3.63) is 63.9 Å². The van der Waals surface area contributed by atoms with Crippen molar-refractivity contribution in [1.29, 1.82) is 0 Å². The summed E-state index contributed by atoms with van der Waals surface area (Å²) < 4.78 is 39.8. The molecular weight excluding hydrogens is 528 g/mol. The quantitative estimate of drug-likeness (QED) is 0.443. The SMILES string of the molecule is C[C@@H](C(=O)NC(C)(C)C)N(Cc1ccc(Cl)c(Cl)c1)C(=O)CCCN(c1ccccc1F)S(C)(=O)=O. The first-order chi connectivity index (χ1) is 16.6. The summed E-state index contributed by atoms with van der Waals surface area (Å²) >= 11 is 12.1. The van der Waals surface area contributed by atoms with Crippen molar-refractivity contribution >= 4 is 50.7 Å². The van der Waals surface area contributed by atoms with Crippen molar-refractivity contribution in [2.24, 2.45) is 0 Å². The molecule has 0 aliphatic rings. The molecule has 2 aromatic carbocycles. The summed E-state index contributed by atoms with van der Waals surface area (Å²) in [5.41, 5.74) is 0.0923.